The van der Waals surface area contributed by atoms with Gasteiger partial charge in [-0.15, -0.1) is 0 Å². The molecule has 1 heterocycles. The number of hydrogen-bond donors (Lipinski definition) is 1. The lowest BCUT2D eigenvalue weighted by Crippen LogP contribution is -2.14. The van der Waals surface area contributed by atoms with Crippen molar-refractivity contribution >= 4 is 5.82 Å². The number of nitrogen functional groups attached to an aromatic ring is 1. The third-order valence-electron chi connectivity index (χ3n) is 2.13. The first-order valence-electron chi connectivity index (χ1n) is 5.16. The van der Waals surface area contributed by atoms with Gasteiger partial charge in [-0.1, -0.05) is 6.92 Å². The minimum absolute atomic E-state index is 0.124. The second-order valence-corrected chi connectivity index (χ2v) is 3.52. The summed E-state index contributed by atoms with van der Waals surface area (Å²) >= 11 is 0. The zero-order valence-corrected chi connectivity index (χ0v) is 9.64. The lowest BCUT2D eigenvalue weighted by Gasteiger charge is -2.11. The third-order valence-corrected chi connectivity index (χ3v) is 2.13. The van der Waals surface area contributed by atoms with E-state index in [1.54, 1.807) is 6.92 Å². The average molecular weight is 249 g/mol. The van der Waals surface area contributed by atoms with Crippen molar-refractivity contribution in [2.24, 2.45) is 0 Å². The standard InChI is InChI=1S/C10H14F3N3O/c1-3-7-15-8(14)6(2)9(16-7)17-5-4-10(11,12)13/h3-5H2,1-2H3,(H2,14,15,16). The van der Waals surface area contributed by atoms with Crippen molar-refractivity contribution in [3.05, 3.63) is 11.4 Å². The Labute approximate surface area is 97.0 Å². The number of nitrogens with two attached hydrogens (primary N) is 1. The summed E-state index contributed by atoms with van der Waals surface area (Å²) in [6.07, 6.45) is -4.71. The van der Waals surface area contributed by atoms with E-state index >= 15 is 0 Å². The topological polar surface area (TPSA) is 61.0 Å². The van der Waals surface area contributed by atoms with Crippen LogP contribution in [0, 0.1) is 6.92 Å². The predicted molar refractivity (Wildman–Crippen MR) is 56.7 cm³/mol. The van der Waals surface area contributed by atoms with Gasteiger partial charge in [0.15, 0.2) is 0 Å². The summed E-state index contributed by atoms with van der Waals surface area (Å²) in [6.45, 7) is 2.96. The molecule has 0 amide bonds. The van der Waals surface area contributed by atoms with Crippen molar-refractivity contribution < 1.29 is 17.9 Å². The Morgan fingerprint density at radius 3 is 2.47 bits per heavy atom. The molecule has 0 fully saturated rings. The Kier molecular flexibility index (Phi) is 4.14. The molecular formula is C10H14F3N3O. The van der Waals surface area contributed by atoms with E-state index < -0.39 is 19.2 Å². The largest absolute Gasteiger partial charge is 0.477 e. The van der Waals surface area contributed by atoms with Gasteiger partial charge < -0.3 is 10.5 Å². The molecular weight excluding hydrogens is 235 g/mol. The molecule has 0 aliphatic carbocycles. The maximum atomic E-state index is 11.9. The van der Waals surface area contributed by atoms with E-state index in [0.717, 1.165) is 0 Å². The second-order valence-electron chi connectivity index (χ2n) is 3.52. The van der Waals surface area contributed by atoms with E-state index in [0.29, 0.717) is 17.8 Å². The molecule has 1 aromatic rings. The Bertz CT molecular complexity index is 393. The molecule has 0 aliphatic rings. The first-order valence-corrected chi connectivity index (χ1v) is 5.16. The molecule has 0 unspecified atom stereocenters. The Morgan fingerprint density at radius 1 is 1.29 bits per heavy atom. The number of anilines is 1. The zero-order valence-electron chi connectivity index (χ0n) is 9.64. The highest BCUT2D eigenvalue weighted by molar-refractivity contribution is 5.44. The lowest BCUT2D eigenvalue weighted by molar-refractivity contribution is -0.139. The van der Waals surface area contributed by atoms with Crippen LogP contribution < -0.4 is 10.5 Å². The molecule has 0 spiro atoms. The fourth-order valence-corrected chi connectivity index (χ4v) is 1.12. The van der Waals surface area contributed by atoms with E-state index in [1.165, 1.54) is 0 Å². The molecule has 0 radical (unpaired) electrons. The van der Waals surface area contributed by atoms with Crippen molar-refractivity contribution in [3.8, 4) is 5.88 Å². The molecule has 17 heavy (non-hydrogen) atoms. The molecule has 0 aliphatic heterocycles. The van der Waals surface area contributed by atoms with Gasteiger partial charge in [-0.3, -0.25) is 0 Å². The Morgan fingerprint density at radius 2 is 1.94 bits per heavy atom. The number of halogens is 3. The quantitative estimate of drug-likeness (QED) is 0.889. The SMILES string of the molecule is CCc1nc(N)c(C)c(OCCC(F)(F)F)n1. The van der Waals surface area contributed by atoms with Gasteiger partial charge in [-0.25, -0.2) is 4.98 Å². The van der Waals surface area contributed by atoms with E-state index in [2.05, 4.69) is 9.97 Å². The normalized spacial score (nSPS) is 11.6. The number of nitrogens with zero attached hydrogens (tertiary/aromatic N) is 2. The van der Waals surface area contributed by atoms with Crippen molar-refractivity contribution in [3.63, 3.8) is 0 Å². The molecule has 7 heteroatoms. The summed E-state index contributed by atoms with van der Waals surface area (Å²) in [5, 5.41) is 0. The first kappa shape index (κ1) is 13.5. The van der Waals surface area contributed by atoms with Gasteiger partial charge in [-0.2, -0.15) is 18.2 Å². The smallest absolute Gasteiger partial charge is 0.392 e. The highest BCUT2D eigenvalue weighted by Gasteiger charge is 2.27. The molecule has 0 aromatic carbocycles. The fraction of sp³-hybridized carbons (Fsp3) is 0.600. The lowest BCUT2D eigenvalue weighted by atomic mass is 10.3. The molecule has 4 nitrogen and oxygen atoms in total. The van der Waals surface area contributed by atoms with Gasteiger partial charge >= 0.3 is 6.18 Å². The van der Waals surface area contributed by atoms with Crippen LogP contribution in [0.5, 0.6) is 5.88 Å². The molecule has 0 bridgehead atoms. The molecule has 0 atom stereocenters. The average Bonchev–Trinajstić information content (AvgIpc) is 2.22. The van der Waals surface area contributed by atoms with Gasteiger partial charge in [0.05, 0.1) is 18.6 Å². The molecule has 0 saturated carbocycles. The third kappa shape index (κ3) is 4.08. The first-order chi connectivity index (χ1) is 7.83. The highest BCUT2D eigenvalue weighted by atomic mass is 19.4. The van der Waals surface area contributed by atoms with Gasteiger partial charge in [0.2, 0.25) is 5.88 Å². The number of alkyl halides is 3. The number of ether oxygens (including phenoxy) is 1. The van der Waals surface area contributed by atoms with Gasteiger partial charge in [0.25, 0.3) is 0 Å². The van der Waals surface area contributed by atoms with Crippen LogP contribution in [0.15, 0.2) is 0 Å². The van der Waals surface area contributed by atoms with Gasteiger partial charge in [0, 0.05) is 6.42 Å². The number of hydrogen-bond acceptors (Lipinski definition) is 4. The van der Waals surface area contributed by atoms with Gasteiger partial charge in [-0.05, 0) is 6.92 Å². The zero-order chi connectivity index (χ0) is 13.1. The monoisotopic (exact) mass is 249 g/mol. The van der Waals surface area contributed by atoms with Crippen LogP contribution in [0.2, 0.25) is 0 Å². The second kappa shape index (κ2) is 5.20. The Hall–Kier alpha value is -1.53. The van der Waals surface area contributed by atoms with E-state index in [4.69, 9.17) is 10.5 Å². The summed E-state index contributed by atoms with van der Waals surface area (Å²) < 4.78 is 40.8. The van der Waals surface area contributed by atoms with Crippen molar-refractivity contribution in [1.82, 2.24) is 9.97 Å². The van der Waals surface area contributed by atoms with Crippen molar-refractivity contribution in [1.29, 1.82) is 0 Å². The fourth-order valence-electron chi connectivity index (χ4n) is 1.12. The number of rotatable bonds is 4. The van der Waals surface area contributed by atoms with E-state index in [1.807, 2.05) is 6.92 Å². The van der Waals surface area contributed by atoms with Crippen LogP contribution in [0.1, 0.15) is 24.7 Å². The summed E-state index contributed by atoms with van der Waals surface area (Å²) in [5.41, 5.74) is 6.06. The van der Waals surface area contributed by atoms with Crippen molar-refractivity contribution in [2.45, 2.75) is 32.9 Å². The van der Waals surface area contributed by atoms with Crippen LogP contribution >= 0.6 is 0 Å². The summed E-state index contributed by atoms with van der Waals surface area (Å²) in [5.74, 6) is 0.813. The minimum atomic E-state index is -4.24. The van der Waals surface area contributed by atoms with Crippen LogP contribution in [0.3, 0.4) is 0 Å². The van der Waals surface area contributed by atoms with Crippen LogP contribution in [-0.2, 0) is 6.42 Å². The Balaban J connectivity index is 2.73. The highest BCUT2D eigenvalue weighted by Crippen LogP contribution is 2.23. The van der Waals surface area contributed by atoms with Crippen molar-refractivity contribution in [2.75, 3.05) is 12.3 Å². The van der Waals surface area contributed by atoms with Gasteiger partial charge in [0.1, 0.15) is 11.6 Å². The summed E-state index contributed by atoms with van der Waals surface area (Å²) in [4.78, 5) is 7.96. The maximum absolute atomic E-state index is 11.9. The summed E-state index contributed by atoms with van der Waals surface area (Å²) in [6, 6.07) is 0. The predicted octanol–water partition coefficient (Wildman–Crippen LogP) is 2.26. The molecule has 96 valence electrons. The molecule has 2 N–H and O–H groups in total. The number of aryl methyl sites for hydroxylation is 1. The number of aromatic nitrogens is 2. The van der Waals surface area contributed by atoms with E-state index in [-0.39, 0.29) is 11.7 Å². The minimum Gasteiger partial charge on any atom is -0.477 e. The van der Waals surface area contributed by atoms with E-state index in [9.17, 15) is 13.2 Å². The molecule has 1 rings (SSSR count). The van der Waals surface area contributed by atoms with Crippen LogP contribution in [-0.4, -0.2) is 22.8 Å². The van der Waals surface area contributed by atoms with Crippen LogP contribution in [0.4, 0.5) is 19.0 Å². The molecule has 1 aromatic heterocycles. The summed E-state index contributed by atoms with van der Waals surface area (Å²) in [7, 11) is 0. The van der Waals surface area contributed by atoms with Crippen LogP contribution in [0.25, 0.3) is 0 Å². The molecule has 0 saturated heterocycles. The maximum Gasteiger partial charge on any atom is 0.392 e.